The zero-order valence-corrected chi connectivity index (χ0v) is 19.3. The van der Waals surface area contributed by atoms with Crippen LogP contribution < -0.4 is 0 Å². The lowest BCUT2D eigenvalue weighted by Crippen LogP contribution is -1.92. The van der Waals surface area contributed by atoms with Crippen LogP contribution in [0.4, 0.5) is 4.39 Å². The van der Waals surface area contributed by atoms with Crippen LogP contribution in [-0.4, -0.2) is 25.1 Å². The molecule has 0 aliphatic rings. The Kier molecular flexibility index (Phi) is 5.42. The third kappa shape index (κ3) is 3.73. The lowest BCUT2D eigenvalue weighted by atomic mass is 10.0. The highest BCUT2D eigenvalue weighted by molar-refractivity contribution is 5.99. The first-order valence-corrected chi connectivity index (χ1v) is 11.1. The summed E-state index contributed by atoms with van der Waals surface area (Å²) in [6.45, 7) is 9.71. The van der Waals surface area contributed by atoms with Gasteiger partial charge in [-0.3, -0.25) is 10.1 Å². The molecule has 1 aromatic carbocycles. The number of hydrogen-bond acceptors (Lipinski definition) is 3. The first-order chi connectivity index (χ1) is 16.5. The Labute approximate surface area is 196 Å². The van der Waals surface area contributed by atoms with Gasteiger partial charge in [-0.2, -0.15) is 5.10 Å². The average molecular weight is 450 g/mol. The van der Waals surface area contributed by atoms with E-state index in [0.717, 1.165) is 67.0 Å². The first kappa shape index (κ1) is 21.5. The van der Waals surface area contributed by atoms with Crippen LogP contribution in [0.25, 0.3) is 50.2 Å². The molecule has 0 aliphatic heterocycles. The molecule has 0 saturated carbocycles. The molecule has 34 heavy (non-hydrogen) atoms. The van der Waals surface area contributed by atoms with Gasteiger partial charge >= 0.3 is 0 Å². The molecule has 0 unspecified atom stereocenters. The van der Waals surface area contributed by atoms with Crippen LogP contribution >= 0.6 is 0 Å². The summed E-state index contributed by atoms with van der Waals surface area (Å²) in [5, 5.41) is 8.53. The van der Waals surface area contributed by atoms with Gasteiger partial charge in [-0.25, -0.2) is 9.37 Å². The lowest BCUT2D eigenvalue weighted by molar-refractivity contribution is 0.627. The fraction of sp³-hybridized carbons (Fsp3) is 0.107. The number of aromatic nitrogens is 5. The number of pyridine rings is 2. The minimum Gasteiger partial charge on any atom is -0.353 e. The highest BCUT2D eigenvalue weighted by Gasteiger charge is 2.17. The van der Waals surface area contributed by atoms with Gasteiger partial charge in [0, 0.05) is 22.7 Å². The third-order valence-corrected chi connectivity index (χ3v) is 5.88. The topological polar surface area (TPSA) is 70.2 Å². The van der Waals surface area contributed by atoms with Crippen molar-refractivity contribution in [3.05, 3.63) is 96.1 Å². The number of nitrogens with one attached hydrogen (secondary N) is 2. The second kappa shape index (κ2) is 8.56. The summed E-state index contributed by atoms with van der Waals surface area (Å²) in [6, 6.07) is 12.8. The van der Waals surface area contributed by atoms with Gasteiger partial charge in [0.05, 0.1) is 22.6 Å². The summed E-state index contributed by atoms with van der Waals surface area (Å²) < 4.78 is 14.1. The Morgan fingerprint density at radius 1 is 1.06 bits per heavy atom. The number of benzene rings is 1. The Morgan fingerprint density at radius 2 is 1.91 bits per heavy atom. The summed E-state index contributed by atoms with van der Waals surface area (Å²) in [4.78, 5) is 12.9. The third-order valence-electron chi connectivity index (χ3n) is 5.88. The van der Waals surface area contributed by atoms with Crippen molar-refractivity contribution in [3.8, 4) is 22.6 Å². The Balaban J connectivity index is 1.66. The maximum atomic E-state index is 14.1. The molecule has 0 saturated heterocycles. The second-order valence-electron chi connectivity index (χ2n) is 8.27. The Bertz CT molecular complexity index is 1600. The van der Waals surface area contributed by atoms with E-state index in [4.69, 9.17) is 4.98 Å². The van der Waals surface area contributed by atoms with Crippen LogP contribution in [0.3, 0.4) is 0 Å². The summed E-state index contributed by atoms with van der Waals surface area (Å²) in [6.07, 6.45) is 7.52. The standard InChI is InChI=1S/C28H24FN5/c1-5-7-17(4)20(6-2)22-8-9-24-27(32-22)28(34-33-24)25-15-21-23(31-25)10-11-30-26(21)18-12-16(3)13-19(29)14-18/h5-15,31H,1H2,2-4H3,(H,33,34)/b17-7-,20-6+. The number of allylic oxidation sites excluding steroid dienone is 5. The minimum absolute atomic E-state index is 0.278. The Morgan fingerprint density at radius 3 is 2.68 bits per heavy atom. The molecule has 0 fully saturated rings. The van der Waals surface area contributed by atoms with Crippen LogP contribution in [0.15, 0.2) is 79.0 Å². The molecule has 0 aliphatic carbocycles. The van der Waals surface area contributed by atoms with E-state index in [-0.39, 0.29) is 5.82 Å². The number of H-pyrrole nitrogens is 2. The molecule has 0 amide bonds. The van der Waals surface area contributed by atoms with Gasteiger partial charge in [-0.1, -0.05) is 24.8 Å². The summed E-state index contributed by atoms with van der Waals surface area (Å²) in [7, 11) is 0. The van der Waals surface area contributed by atoms with Crippen LogP contribution in [0, 0.1) is 12.7 Å². The molecule has 0 radical (unpaired) electrons. The largest absolute Gasteiger partial charge is 0.353 e. The normalized spacial score (nSPS) is 12.6. The zero-order chi connectivity index (χ0) is 23.8. The number of rotatable bonds is 5. The van der Waals surface area contributed by atoms with Gasteiger partial charge in [0.15, 0.2) is 0 Å². The van der Waals surface area contributed by atoms with Gasteiger partial charge in [0.1, 0.15) is 17.0 Å². The number of hydrogen-bond donors (Lipinski definition) is 2. The molecular formula is C28H24FN5. The Hall–Kier alpha value is -4.32. The molecule has 0 spiro atoms. The van der Waals surface area contributed by atoms with Gasteiger partial charge in [0.25, 0.3) is 0 Å². The molecule has 6 heteroatoms. The predicted molar refractivity (Wildman–Crippen MR) is 137 cm³/mol. The van der Waals surface area contributed by atoms with Crippen molar-refractivity contribution in [2.75, 3.05) is 0 Å². The molecule has 0 atom stereocenters. The number of aromatic amines is 2. The quantitative estimate of drug-likeness (QED) is 0.280. The number of halogens is 1. The fourth-order valence-electron chi connectivity index (χ4n) is 4.37. The van der Waals surface area contributed by atoms with Crippen LogP contribution in [0.2, 0.25) is 0 Å². The van der Waals surface area contributed by atoms with Crippen LogP contribution in [-0.2, 0) is 0 Å². The first-order valence-electron chi connectivity index (χ1n) is 11.1. The summed E-state index contributed by atoms with van der Waals surface area (Å²) >= 11 is 0. The van der Waals surface area contributed by atoms with E-state index in [1.807, 2.05) is 63.3 Å². The van der Waals surface area contributed by atoms with E-state index in [1.54, 1.807) is 12.3 Å². The highest BCUT2D eigenvalue weighted by atomic mass is 19.1. The van der Waals surface area contributed by atoms with Crippen molar-refractivity contribution in [1.29, 1.82) is 0 Å². The molecule has 5 rings (SSSR count). The van der Waals surface area contributed by atoms with Crippen LogP contribution in [0.1, 0.15) is 25.1 Å². The van der Waals surface area contributed by atoms with Gasteiger partial charge in [-0.15, -0.1) is 0 Å². The smallest absolute Gasteiger partial charge is 0.135 e. The van der Waals surface area contributed by atoms with Gasteiger partial charge in [0.2, 0.25) is 0 Å². The van der Waals surface area contributed by atoms with Crippen molar-refractivity contribution in [3.63, 3.8) is 0 Å². The predicted octanol–water partition coefficient (Wildman–Crippen LogP) is 7.15. The van der Waals surface area contributed by atoms with Crippen molar-refractivity contribution in [2.45, 2.75) is 20.8 Å². The van der Waals surface area contributed by atoms with Crippen molar-refractivity contribution in [1.82, 2.24) is 25.1 Å². The van der Waals surface area contributed by atoms with E-state index in [2.05, 4.69) is 26.7 Å². The monoisotopic (exact) mass is 449 g/mol. The molecule has 5 nitrogen and oxygen atoms in total. The molecular weight excluding hydrogens is 425 g/mol. The average Bonchev–Trinajstić information content (AvgIpc) is 3.42. The maximum Gasteiger partial charge on any atom is 0.135 e. The minimum atomic E-state index is -0.278. The van der Waals surface area contributed by atoms with Gasteiger partial charge < -0.3 is 4.98 Å². The maximum absolute atomic E-state index is 14.1. The molecule has 4 heterocycles. The highest BCUT2D eigenvalue weighted by Crippen LogP contribution is 2.33. The van der Waals surface area contributed by atoms with Gasteiger partial charge in [-0.05, 0) is 79.9 Å². The molecule has 5 aromatic rings. The lowest BCUT2D eigenvalue weighted by Gasteiger charge is -2.07. The van der Waals surface area contributed by atoms with E-state index in [9.17, 15) is 4.39 Å². The zero-order valence-electron chi connectivity index (χ0n) is 19.3. The number of aryl methyl sites for hydroxylation is 1. The van der Waals surface area contributed by atoms with Crippen molar-refractivity contribution in [2.24, 2.45) is 0 Å². The molecule has 0 bridgehead atoms. The van der Waals surface area contributed by atoms with E-state index in [0.29, 0.717) is 0 Å². The molecule has 4 aromatic heterocycles. The van der Waals surface area contributed by atoms with E-state index >= 15 is 0 Å². The molecule has 168 valence electrons. The number of nitrogens with zero attached hydrogens (tertiary/aromatic N) is 3. The molecule has 2 N–H and O–H groups in total. The van der Waals surface area contributed by atoms with Crippen LogP contribution in [0.5, 0.6) is 0 Å². The SMILES string of the molecule is C=C/C=C(C)\C(=C/C)c1ccc2[nH]nc(-c3cc4c(-c5cc(C)cc(F)c5)nccc4[nH]3)c2n1. The van der Waals surface area contributed by atoms with E-state index < -0.39 is 0 Å². The fourth-order valence-corrected chi connectivity index (χ4v) is 4.37. The second-order valence-corrected chi connectivity index (χ2v) is 8.27. The number of fused-ring (bicyclic) bond motifs is 2. The summed E-state index contributed by atoms with van der Waals surface area (Å²) in [5.41, 5.74) is 9.34. The summed E-state index contributed by atoms with van der Waals surface area (Å²) in [5.74, 6) is -0.278. The van der Waals surface area contributed by atoms with E-state index in [1.165, 1.54) is 12.1 Å². The van der Waals surface area contributed by atoms with Crippen molar-refractivity contribution < 1.29 is 4.39 Å². The van der Waals surface area contributed by atoms with Crippen molar-refractivity contribution >= 4 is 27.5 Å².